The summed E-state index contributed by atoms with van der Waals surface area (Å²) in [5.41, 5.74) is 1.50. The Morgan fingerprint density at radius 3 is 2.78 bits per heavy atom. The van der Waals surface area contributed by atoms with E-state index in [0.717, 1.165) is 12.1 Å². The van der Waals surface area contributed by atoms with Crippen molar-refractivity contribution >= 4 is 17.5 Å². The number of hydrogen-bond donors (Lipinski definition) is 2. The van der Waals surface area contributed by atoms with Gasteiger partial charge in [0.2, 0.25) is 11.8 Å². The first-order valence-electron chi connectivity index (χ1n) is 7.82. The average molecular weight is 312 g/mol. The van der Waals surface area contributed by atoms with Crippen LogP contribution >= 0.6 is 0 Å². The molecule has 0 spiro atoms. The van der Waals surface area contributed by atoms with Crippen LogP contribution in [-0.2, 0) is 9.59 Å². The Balaban J connectivity index is 1.53. The number of aromatic nitrogens is 2. The Labute approximate surface area is 134 Å². The maximum atomic E-state index is 12.1. The summed E-state index contributed by atoms with van der Waals surface area (Å²) >= 11 is 0. The van der Waals surface area contributed by atoms with Crippen molar-refractivity contribution in [3.8, 4) is 5.69 Å². The van der Waals surface area contributed by atoms with E-state index in [1.54, 1.807) is 10.9 Å². The zero-order valence-electron chi connectivity index (χ0n) is 13.0. The minimum Gasteiger partial charge on any atom is -0.355 e. The Morgan fingerprint density at radius 2 is 2.09 bits per heavy atom. The molecule has 0 unspecified atom stereocenters. The molecule has 0 aliphatic heterocycles. The first-order valence-corrected chi connectivity index (χ1v) is 7.82. The van der Waals surface area contributed by atoms with Gasteiger partial charge in [0.05, 0.1) is 11.4 Å². The summed E-state index contributed by atoms with van der Waals surface area (Å²) in [7, 11) is 0. The number of anilines is 1. The molecule has 3 rings (SSSR count). The Kier molecular flexibility index (Phi) is 4.41. The van der Waals surface area contributed by atoms with Gasteiger partial charge in [-0.3, -0.25) is 9.59 Å². The van der Waals surface area contributed by atoms with Gasteiger partial charge in [0.1, 0.15) is 0 Å². The van der Waals surface area contributed by atoms with Gasteiger partial charge in [-0.05, 0) is 30.5 Å². The second kappa shape index (κ2) is 6.64. The van der Waals surface area contributed by atoms with Gasteiger partial charge in [-0.2, -0.15) is 5.10 Å². The van der Waals surface area contributed by atoms with Crippen LogP contribution in [0.25, 0.3) is 5.69 Å². The first-order chi connectivity index (χ1) is 11.1. The molecule has 1 aromatic carbocycles. The van der Waals surface area contributed by atoms with Crippen molar-refractivity contribution < 1.29 is 9.59 Å². The molecular formula is C17H20N4O2. The lowest BCUT2D eigenvalue weighted by Gasteiger charge is -2.11. The molecule has 1 heterocycles. The molecule has 6 nitrogen and oxygen atoms in total. The van der Waals surface area contributed by atoms with Crippen molar-refractivity contribution in [3.63, 3.8) is 0 Å². The molecule has 0 saturated heterocycles. The van der Waals surface area contributed by atoms with Crippen LogP contribution in [0.15, 0.2) is 42.7 Å². The zero-order valence-corrected chi connectivity index (χ0v) is 13.0. The highest BCUT2D eigenvalue weighted by molar-refractivity contribution is 5.93. The van der Waals surface area contributed by atoms with Crippen molar-refractivity contribution in [2.75, 3.05) is 11.9 Å². The second-order valence-electron chi connectivity index (χ2n) is 5.88. The Hall–Kier alpha value is -2.63. The molecule has 2 aromatic rings. The van der Waals surface area contributed by atoms with Gasteiger partial charge in [0.15, 0.2) is 0 Å². The molecule has 23 heavy (non-hydrogen) atoms. The van der Waals surface area contributed by atoms with E-state index < -0.39 is 0 Å². The molecule has 1 saturated carbocycles. The highest BCUT2D eigenvalue weighted by Gasteiger charge is 2.38. The van der Waals surface area contributed by atoms with E-state index in [0.29, 0.717) is 18.2 Å². The molecule has 1 aliphatic carbocycles. The van der Waals surface area contributed by atoms with Gasteiger partial charge < -0.3 is 10.6 Å². The van der Waals surface area contributed by atoms with Crippen LogP contribution in [0.1, 0.15) is 19.8 Å². The Morgan fingerprint density at radius 1 is 1.30 bits per heavy atom. The third kappa shape index (κ3) is 3.77. The molecule has 2 atom stereocenters. The lowest BCUT2D eigenvalue weighted by atomic mass is 10.2. The van der Waals surface area contributed by atoms with E-state index in [1.165, 1.54) is 0 Å². The van der Waals surface area contributed by atoms with Crippen molar-refractivity contribution in [1.82, 2.24) is 15.1 Å². The average Bonchev–Trinajstić information content (AvgIpc) is 3.04. The summed E-state index contributed by atoms with van der Waals surface area (Å²) in [6.07, 6.45) is 4.71. The van der Waals surface area contributed by atoms with Crippen LogP contribution in [0.3, 0.4) is 0 Å². The molecule has 2 N–H and O–H groups in total. The van der Waals surface area contributed by atoms with E-state index >= 15 is 0 Å². The maximum absolute atomic E-state index is 12.1. The topological polar surface area (TPSA) is 76.0 Å². The first kappa shape index (κ1) is 15.3. The number of amides is 2. The number of benzene rings is 1. The van der Waals surface area contributed by atoms with Crippen LogP contribution in [-0.4, -0.2) is 28.1 Å². The summed E-state index contributed by atoms with van der Waals surface area (Å²) in [6, 6.07) is 9.30. The van der Waals surface area contributed by atoms with Crippen LogP contribution in [0, 0.1) is 11.8 Å². The third-order valence-corrected chi connectivity index (χ3v) is 4.03. The fraction of sp³-hybridized carbons (Fsp3) is 0.353. The quantitative estimate of drug-likeness (QED) is 0.856. The fourth-order valence-electron chi connectivity index (χ4n) is 2.52. The fourth-order valence-corrected chi connectivity index (χ4v) is 2.52. The monoisotopic (exact) mass is 312 g/mol. The van der Waals surface area contributed by atoms with Gasteiger partial charge in [0.25, 0.3) is 0 Å². The number of carbonyl (C=O) groups excluding carboxylic acids is 2. The largest absolute Gasteiger partial charge is 0.355 e. The highest BCUT2D eigenvalue weighted by atomic mass is 16.2. The smallest absolute Gasteiger partial charge is 0.226 e. The zero-order chi connectivity index (χ0) is 16.2. The van der Waals surface area contributed by atoms with Gasteiger partial charge in [-0.15, -0.1) is 0 Å². The van der Waals surface area contributed by atoms with E-state index in [-0.39, 0.29) is 24.2 Å². The SMILES string of the molecule is C[C@@H]1C[C@H]1C(=O)NCCC(=O)Nc1ccccc1-n1cccn1. The molecular weight excluding hydrogens is 292 g/mol. The lowest BCUT2D eigenvalue weighted by Crippen LogP contribution is -2.29. The molecule has 120 valence electrons. The van der Waals surface area contributed by atoms with Crippen LogP contribution in [0.4, 0.5) is 5.69 Å². The summed E-state index contributed by atoms with van der Waals surface area (Å²) in [4.78, 5) is 23.8. The third-order valence-electron chi connectivity index (χ3n) is 4.03. The minimum atomic E-state index is -0.131. The van der Waals surface area contributed by atoms with Gasteiger partial charge in [-0.25, -0.2) is 4.68 Å². The number of carbonyl (C=O) groups is 2. The predicted octanol–water partition coefficient (Wildman–Crippen LogP) is 1.97. The maximum Gasteiger partial charge on any atom is 0.226 e. The van der Waals surface area contributed by atoms with Crippen molar-refractivity contribution in [2.24, 2.45) is 11.8 Å². The van der Waals surface area contributed by atoms with Crippen LogP contribution < -0.4 is 10.6 Å². The summed E-state index contributed by atoms with van der Waals surface area (Å²) in [5, 5.41) is 9.87. The van der Waals surface area contributed by atoms with Gasteiger partial charge >= 0.3 is 0 Å². The molecule has 0 radical (unpaired) electrons. The highest BCUT2D eigenvalue weighted by Crippen LogP contribution is 2.37. The van der Waals surface area contributed by atoms with Crippen LogP contribution in [0.2, 0.25) is 0 Å². The predicted molar refractivity (Wildman–Crippen MR) is 87.1 cm³/mol. The summed E-state index contributed by atoms with van der Waals surface area (Å²) in [6.45, 7) is 2.42. The standard InChI is InChI=1S/C17H20N4O2/c1-12-11-13(12)17(23)18-9-7-16(22)20-14-5-2-3-6-15(14)21-10-4-8-19-21/h2-6,8,10,12-13H,7,9,11H2,1H3,(H,18,23)(H,20,22)/t12-,13-/m1/s1. The van der Waals surface area contributed by atoms with Crippen molar-refractivity contribution in [3.05, 3.63) is 42.7 Å². The van der Waals surface area contributed by atoms with Crippen molar-refractivity contribution in [2.45, 2.75) is 19.8 Å². The number of hydrogen-bond acceptors (Lipinski definition) is 3. The molecule has 1 aliphatic rings. The lowest BCUT2D eigenvalue weighted by molar-refractivity contribution is -0.122. The van der Waals surface area contributed by atoms with Crippen molar-refractivity contribution in [1.29, 1.82) is 0 Å². The normalized spacial score (nSPS) is 19.2. The van der Waals surface area contributed by atoms with Gasteiger partial charge in [0, 0.05) is 31.3 Å². The summed E-state index contributed by atoms with van der Waals surface area (Å²) < 4.78 is 1.70. The van der Waals surface area contributed by atoms with E-state index in [9.17, 15) is 9.59 Å². The molecule has 0 bridgehead atoms. The summed E-state index contributed by atoms with van der Waals surface area (Å²) in [5.74, 6) is 0.541. The molecule has 6 heteroatoms. The second-order valence-corrected chi connectivity index (χ2v) is 5.88. The van der Waals surface area contributed by atoms with Crippen LogP contribution in [0.5, 0.6) is 0 Å². The molecule has 2 amide bonds. The number of rotatable bonds is 6. The van der Waals surface area contributed by atoms with E-state index in [1.807, 2.05) is 36.5 Å². The Bertz CT molecular complexity index is 696. The molecule has 1 fully saturated rings. The number of nitrogens with one attached hydrogen (secondary N) is 2. The molecule has 1 aromatic heterocycles. The number of nitrogens with zero attached hydrogens (tertiary/aromatic N) is 2. The van der Waals surface area contributed by atoms with E-state index in [2.05, 4.69) is 22.7 Å². The minimum absolute atomic E-state index is 0.0576. The van der Waals surface area contributed by atoms with Gasteiger partial charge in [-0.1, -0.05) is 19.1 Å². The number of para-hydroxylation sites is 2. The van der Waals surface area contributed by atoms with E-state index in [4.69, 9.17) is 0 Å².